The van der Waals surface area contributed by atoms with Gasteiger partial charge in [0.2, 0.25) is 10.0 Å². The zero-order valence-electron chi connectivity index (χ0n) is 9.57. The molecule has 0 aromatic carbocycles. The zero-order valence-corrected chi connectivity index (χ0v) is 10.4. The molecule has 0 aliphatic rings. The van der Waals surface area contributed by atoms with Crippen molar-refractivity contribution in [2.24, 2.45) is 0 Å². The van der Waals surface area contributed by atoms with Crippen LogP contribution < -0.4 is 10.0 Å². The molecule has 15 heavy (non-hydrogen) atoms. The molecular formula is C8H19N3O3S. The molecule has 0 heterocycles. The minimum Gasteiger partial charge on any atom is -0.337 e. The summed E-state index contributed by atoms with van der Waals surface area (Å²) in [5, 5.41) is 2.10. The Balaban J connectivity index is 3.78. The molecule has 0 aliphatic carbocycles. The fraction of sp³-hybridized carbons (Fsp3) is 0.875. The number of hydrogen-bond donors (Lipinski definition) is 2. The van der Waals surface area contributed by atoms with Crippen molar-refractivity contribution in [1.29, 1.82) is 0 Å². The van der Waals surface area contributed by atoms with Crippen molar-refractivity contribution in [2.45, 2.75) is 19.1 Å². The van der Waals surface area contributed by atoms with Crippen molar-refractivity contribution < 1.29 is 13.2 Å². The largest absolute Gasteiger partial charge is 0.337 e. The van der Waals surface area contributed by atoms with Gasteiger partial charge in [0.25, 0.3) is 0 Å². The Morgan fingerprint density at radius 3 is 2.20 bits per heavy atom. The number of amides is 2. The van der Waals surface area contributed by atoms with Crippen molar-refractivity contribution in [1.82, 2.24) is 14.9 Å². The van der Waals surface area contributed by atoms with Gasteiger partial charge in [-0.1, -0.05) is 0 Å². The summed E-state index contributed by atoms with van der Waals surface area (Å²) in [7, 11) is 0.00605. The fourth-order valence-corrected chi connectivity index (χ4v) is 1.41. The third kappa shape index (κ3) is 5.58. The molecule has 2 N–H and O–H groups in total. The maximum absolute atomic E-state index is 11.3. The van der Waals surface area contributed by atoms with Gasteiger partial charge >= 0.3 is 6.03 Å². The number of urea groups is 1. The third-order valence-corrected chi connectivity index (χ3v) is 3.58. The topological polar surface area (TPSA) is 78.5 Å². The second-order valence-electron chi connectivity index (χ2n) is 3.61. The molecule has 0 aliphatic heterocycles. The lowest BCUT2D eigenvalue weighted by Gasteiger charge is -2.13. The van der Waals surface area contributed by atoms with Crippen LogP contribution in [0.5, 0.6) is 0 Å². The van der Waals surface area contributed by atoms with Gasteiger partial charge in [0.05, 0.1) is 5.25 Å². The molecule has 0 spiro atoms. The molecule has 0 saturated carbocycles. The molecular weight excluding hydrogens is 218 g/mol. The molecule has 0 rings (SSSR count). The molecule has 6 nitrogen and oxygen atoms in total. The lowest BCUT2D eigenvalue weighted by Crippen LogP contribution is -2.41. The first-order valence-corrected chi connectivity index (χ1v) is 6.25. The minimum atomic E-state index is -3.23. The molecule has 0 fully saturated rings. The van der Waals surface area contributed by atoms with Crippen LogP contribution in [-0.4, -0.2) is 51.8 Å². The molecule has 7 heteroatoms. The van der Waals surface area contributed by atoms with E-state index in [1.807, 2.05) is 0 Å². The highest BCUT2D eigenvalue weighted by Gasteiger charge is 2.14. The van der Waals surface area contributed by atoms with Crippen molar-refractivity contribution in [3.8, 4) is 0 Å². The Hall–Kier alpha value is -0.820. The Labute approximate surface area is 91.1 Å². The first kappa shape index (κ1) is 14.2. The normalized spacial score (nSPS) is 11.5. The maximum atomic E-state index is 11.3. The maximum Gasteiger partial charge on any atom is 0.316 e. The Kier molecular flexibility index (Phi) is 5.59. The molecule has 0 aromatic rings. The van der Waals surface area contributed by atoms with Crippen LogP contribution in [0, 0.1) is 0 Å². The summed E-state index contributed by atoms with van der Waals surface area (Å²) >= 11 is 0. The second kappa shape index (κ2) is 5.92. The number of nitrogens with one attached hydrogen (secondary N) is 2. The second-order valence-corrected chi connectivity index (χ2v) is 5.94. The predicted molar refractivity (Wildman–Crippen MR) is 59.1 cm³/mol. The van der Waals surface area contributed by atoms with Gasteiger partial charge in [-0.25, -0.2) is 17.9 Å². The van der Waals surface area contributed by atoms with Gasteiger partial charge in [-0.05, 0) is 13.8 Å². The molecule has 0 atom stereocenters. The summed E-state index contributed by atoms with van der Waals surface area (Å²) in [5.41, 5.74) is 0. The smallest absolute Gasteiger partial charge is 0.316 e. The van der Waals surface area contributed by atoms with Crippen LogP contribution in [0.1, 0.15) is 13.8 Å². The van der Waals surface area contributed by atoms with E-state index in [2.05, 4.69) is 10.0 Å². The number of hydrogen-bond acceptors (Lipinski definition) is 3. The average Bonchev–Trinajstić information content (AvgIpc) is 2.11. The average molecular weight is 237 g/mol. The first-order valence-electron chi connectivity index (χ1n) is 4.71. The van der Waals surface area contributed by atoms with E-state index < -0.39 is 15.3 Å². The molecule has 0 bridgehead atoms. The Bertz CT molecular complexity index is 298. The predicted octanol–water partition coefficient (Wildman–Crippen LogP) is -0.415. The summed E-state index contributed by atoms with van der Waals surface area (Å²) in [6, 6.07) is -0.237. The minimum absolute atomic E-state index is 0.208. The number of sulfonamides is 1. The van der Waals surface area contributed by atoms with E-state index in [-0.39, 0.29) is 19.1 Å². The van der Waals surface area contributed by atoms with E-state index in [1.165, 1.54) is 4.90 Å². The van der Waals surface area contributed by atoms with E-state index in [9.17, 15) is 13.2 Å². The SMILES string of the molecule is CC(C)S(=O)(=O)NCCNC(=O)N(C)C. The van der Waals surface area contributed by atoms with E-state index in [0.29, 0.717) is 0 Å². The van der Waals surface area contributed by atoms with Gasteiger partial charge in [0.1, 0.15) is 0 Å². The van der Waals surface area contributed by atoms with Gasteiger partial charge in [-0.2, -0.15) is 0 Å². The standard InChI is InChI=1S/C8H19N3O3S/c1-7(2)15(13,14)10-6-5-9-8(12)11(3)4/h7,10H,5-6H2,1-4H3,(H,9,12). The fourth-order valence-electron chi connectivity index (χ4n) is 0.688. The highest BCUT2D eigenvalue weighted by molar-refractivity contribution is 7.90. The van der Waals surface area contributed by atoms with Crippen LogP contribution in [0.4, 0.5) is 4.79 Å². The third-order valence-electron chi connectivity index (χ3n) is 1.73. The summed E-state index contributed by atoms with van der Waals surface area (Å²) in [6.45, 7) is 3.69. The zero-order chi connectivity index (χ0) is 12.1. The molecule has 0 aromatic heterocycles. The number of carbonyl (C=O) groups excluding carboxylic acids is 1. The van der Waals surface area contributed by atoms with E-state index >= 15 is 0 Å². The monoisotopic (exact) mass is 237 g/mol. The highest BCUT2D eigenvalue weighted by Crippen LogP contribution is 1.94. The molecule has 90 valence electrons. The lowest BCUT2D eigenvalue weighted by molar-refractivity contribution is 0.217. The van der Waals surface area contributed by atoms with Gasteiger partial charge in [0, 0.05) is 27.2 Å². The molecule has 0 saturated heterocycles. The highest BCUT2D eigenvalue weighted by atomic mass is 32.2. The molecule has 0 unspecified atom stereocenters. The number of nitrogens with zero attached hydrogens (tertiary/aromatic N) is 1. The quantitative estimate of drug-likeness (QED) is 0.638. The van der Waals surface area contributed by atoms with E-state index in [1.54, 1.807) is 27.9 Å². The van der Waals surface area contributed by atoms with Crippen LogP contribution in [0.15, 0.2) is 0 Å². The van der Waals surface area contributed by atoms with Crippen molar-refractivity contribution >= 4 is 16.1 Å². The van der Waals surface area contributed by atoms with Gasteiger partial charge in [0.15, 0.2) is 0 Å². The van der Waals surface area contributed by atoms with Crippen molar-refractivity contribution in [3.05, 3.63) is 0 Å². The first-order chi connectivity index (χ1) is 6.77. The van der Waals surface area contributed by atoms with Gasteiger partial charge in [-0.15, -0.1) is 0 Å². The van der Waals surface area contributed by atoms with Crippen molar-refractivity contribution in [2.75, 3.05) is 27.2 Å². The van der Waals surface area contributed by atoms with Crippen LogP contribution in [0.25, 0.3) is 0 Å². The summed E-state index contributed by atoms with van der Waals surface area (Å²) in [5.74, 6) is 0. The van der Waals surface area contributed by atoms with Crippen LogP contribution in [0.2, 0.25) is 0 Å². The van der Waals surface area contributed by atoms with Crippen LogP contribution in [0.3, 0.4) is 0 Å². The summed E-state index contributed by atoms with van der Waals surface area (Å²) in [4.78, 5) is 12.4. The number of rotatable bonds is 5. The summed E-state index contributed by atoms with van der Waals surface area (Å²) < 4.78 is 24.9. The van der Waals surface area contributed by atoms with E-state index in [4.69, 9.17) is 0 Å². The summed E-state index contributed by atoms with van der Waals surface area (Å²) in [6.07, 6.45) is 0. The molecule has 2 amide bonds. The lowest BCUT2D eigenvalue weighted by atomic mass is 10.6. The van der Waals surface area contributed by atoms with Crippen molar-refractivity contribution in [3.63, 3.8) is 0 Å². The van der Waals surface area contributed by atoms with Gasteiger partial charge in [-0.3, -0.25) is 0 Å². The number of carbonyl (C=O) groups is 1. The Morgan fingerprint density at radius 1 is 1.27 bits per heavy atom. The molecule has 0 radical (unpaired) electrons. The van der Waals surface area contributed by atoms with Crippen LogP contribution in [-0.2, 0) is 10.0 Å². The Morgan fingerprint density at radius 2 is 1.80 bits per heavy atom. The van der Waals surface area contributed by atoms with Crippen LogP contribution >= 0.6 is 0 Å². The van der Waals surface area contributed by atoms with E-state index in [0.717, 1.165) is 0 Å². The van der Waals surface area contributed by atoms with Gasteiger partial charge < -0.3 is 10.2 Å².